The zero-order valence-corrected chi connectivity index (χ0v) is 21.9. The zero-order valence-electron chi connectivity index (χ0n) is 21.9. The summed E-state index contributed by atoms with van der Waals surface area (Å²) in [5, 5.41) is 14.3. The highest BCUT2D eigenvalue weighted by molar-refractivity contribution is 5.69. The van der Waals surface area contributed by atoms with Crippen molar-refractivity contribution in [1.29, 1.82) is 0 Å². The average molecular weight is 500 g/mol. The molecular weight excluding hydrogens is 462 g/mol. The molecule has 0 radical (unpaired) electrons. The summed E-state index contributed by atoms with van der Waals surface area (Å²) in [6.07, 6.45) is 16.3. The van der Waals surface area contributed by atoms with Crippen LogP contribution in [-0.2, 0) is 13.0 Å². The molecule has 0 saturated heterocycles. The first-order valence-corrected chi connectivity index (χ1v) is 13.7. The Morgan fingerprint density at radius 2 is 1.81 bits per heavy atom. The lowest BCUT2D eigenvalue weighted by Crippen LogP contribution is -2.31. The molecule has 3 aromatic heterocycles. The Kier molecular flexibility index (Phi) is 7.92. The molecule has 2 atom stereocenters. The van der Waals surface area contributed by atoms with Crippen molar-refractivity contribution in [2.75, 3.05) is 0 Å². The van der Waals surface area contributed by atoms with Crippen molar-refractivity contribution in [1.82, 2.24) is 34.7 Å². The number of hydrogen-bond acceptors (Lipinski definition) is 5. The van der Waals surface area contributed by atoms with Crippen LogP contribution < -0.4 is 5.69 Å². The zero-order chi connectivity index (χ0) is 25.6. The number of imidazole rings is 1. The van der Waals surface area contributed by atoms with Crippen LogP contribution in [0.25, 0.3) is 22.5 Å². The minimum atomic E-state index is 0.116. The predicted octanol–water partition coefficient (Wildman–Crippen LogP) is 5.81. The van der Waals surface area contributed by atoms with Crippen LogP contribution in [0.4, 0.5) is 0 Å². The van der Waals surface area contributed by atoms with E-state index in [9.17, 15) is 4.79 Å². The Morgan fingerprint density at radius 3 is 2.57 bits per heavy atom. The van der Waals surface area contributed by atoms with Crippen molar-refractivity contribution in [2.24, 2.45) is 5.92 Å². The molecule has 3 heterocycles. The van der Waals surface area contributed by atoms with Crippen LogP contribution in [0, 0.1) is 5.92 Å². The Bertz CT molecular complexity index is 1340. The maximum Gasteiger partial charge on any atom is 0.328 e. The highest BCUT2D eigenvalue weighted by Crippen LogP contribution is 2.31. The molecule has 0 aliphatic heterocycles. The Hall–Kier alpha value is -3.55. The largest absolute Gasteiger partial charge is 0.328 e. The lowest BCUT2D eigenvalue weighted by Gasteiger charge is -2.27. The van der Waals surface area contributed by atoms with Gasteiger partial charge in [0.15, 0.2) is 0 Å². The fourth-order valence-electron chi connectivity index (χ4n) is 5.66. The summed E-state index contributed by atoms with van der Waals surface area (Å²) < 4.78 is 4.06. The molecule has 4 aromatic rings. The number of aromatic amines is 1. The van der Waals surface area contributed by atoms with E-state index >= 15 is 0 Å². The number of nitrogens with one attached hydrogen (secondary N) is 1. The molecule has 2 unspecified atom stereocenters. The van der Waals surface area contributed by atoms with E-state index in [4.69, 9.17) is 0 Å². The van der Waals surface area contributed by atoms with E-state index in [1.807, 2.05) is 35.2 Å². The van der Waals surface area contributed by atoms with Crippen LogP contribution in [-0.4, -0.2) is 34.7 Å². The van der Waals surface area contributed by atoms with Crippen LogP contribution >= 0.6 is 0 Å². The molecule has 1 aliphatic carbocycles. The van der Waals surface area contributed by atoms with Gasteiger partial charge < -0.3 is 0 Å². The third-order valence-electron chi connectivity index (χ3n) is 7.83. The van der Waals surface area contributed by atoms with E-state index in [1.165, 1.54) is 32.1 Å². The highest BCUT2D eigenvalue weighted by atomic mass is 16.1. The molecule has 8 nitrogen and oxygen atoms in total. The number of benzene rings is 1. The summed E-state index contributed by atoms with van der Waals surface area (Å²) >= 11 is 0. The number of unbranched alkanes of at least 4 members (excludes halogenated alkanes) is 1. The summed E-state index contributed by atoms with van der Waals surface area (Å²) in [5.74, 6) is 1.08. The quantitative estimate of drug-likeness (QED) is 0.330. The van der Waals surface area contributed by atoms with Gasteiger partial charge in [0.25, 0.3) is 0 Å². The van der Waals surface area contributed by atoms with Gasteiger partial charge in [0, 0.05) is 35.9 Å². The number of hydrogen-bond donors (Lipinski definition) is 1. The maximum absolute atomic E-state index is 13.9. The molecule has 0 bridgehead atoms. The van der Waals surface area contributed by atoms with Gasteiger partial charge in [0.2, 0.25) is 5.82 Å². The number of rotatable bonds is 8. The van der Waals surface area contributed by atoms with E-state index in [2.05, 4.69) is 62.4 Å². The van der Waals surface area contributed by atoms with Crippen molar-refractivity contribution in [2.45, 2.75) is 84.2 Å². The van der Waals surface area contributed by atoms with Crippen molar-refractivity contribution >= 4 is 0 Å². The number of aromatic nitrogens is 7. The standard InChI is InChI=1S/C29H37N7O/c1-3-4-10-25-20-36(27-11-8-6-5-7-9-21(27)2)29(37)35(25)19-24-18-30-17-16-26(24)22-12-14-23(15-13-22)28-31-33-34-32-28/h12-18,20-21,27H,3-11,19H2,1-2H3,(H,31,32,33,34). The molecule has 1 N–H and O–H groups in total. The van der Waals surface area contributed by atoms with Crippen molar-refractivity contribution in [3.8, 4) is 22.5 Å². The first-order chi connectivity index (χ1) is 18.2. The summed E-state index contributed by atoms with van der Waals surface area (Å²) in [6, 6.07) is 10.4. The second kappa shape index (κ2) is 11.7. The van der Waals surface area contributed by atoms with E-state index in [1.54, 1.807) is 0 Å². The number of pyridine rings is 1. The normalized spacial score (nSPS) is 18.4. The van der Waals surface area contributed by atoms with Crippen molar-refractivity contribution in [3.05, 3.63) is 70.7 Å². The van der Waals surface area contributed by atoms with E-state index in [-0.39, 0.29) is 11.7 Å². The first kappa shape index (κ1) is 25.1. The Morgan fingerprint density at radius 1 is 1.03 bits per heavy atom. The molecule has 1 aromatic carbocycles. The van der Waals surface area contributed by atoms with Crippen LogP contribution in [0.2, 0.25) is 0 Å². The molecule has 5 rings (SSSR count). The lowest BCUT2D eigenvalue weighted by atomic mass is 9.88. The Balaban J connectivity index is 1.48. The second-order valence-electron chi connectivity index (χ2n) is 10.4. The minimum absolute atomic E-state index is 0.116. The summed E-state index contributed by atoms with van der Waals surface area (Å²) in [4.78, 5) is 18.3. The lowest BCUT2D eigenvalue weighted by molar-refractivity contribution is 0.273. The van der Waals surface area contributed by atoms with E-state index in [0.29, 0.717) is 18.3 Å². The number of nitrogens with zero attached hydrogens (tertiary/aromatic N) is 6. The van der Waals surface area contributed by atoms with E-state index in [0.717, 1.165) is 53.6 Å². The van der Waals surface area contributed by atoms with Gasteiger partial charge in [-0.3, -0.25) is 14.1 Å². The number of H-pyrrole nitrogens is 1. The third kappa shape index (κ3) is 5.58. The van der Waals surface area contributed by atoms with Crippen molar-refractivity contribution in [3.63, 3.8) is 0 Å². The second-order valence-corrected chi connectivity index (χ2v) is 10.4. The predicted molar refractivity (Wildman–Crippen MR) is 145 cm³/mol. The molecule has 8 heteroatoms. The molecular formula is C29H37N7O. The van der Waals surface area contributed by atoms with Gasteiger partial charge >= 0.3 is 5.69 Å². The van der Waals surface area contributed by atoms with Gasteiger partial charge in [0.1, 0.15) is 0 Å². The summed E-state index contributed by atoms with van der Waals surface area (Å²) in [6.45, 7) is 5.04. The first-order valence-electron chi connectivity index (χ1n) is 13.7. The Labute approximate surface area is 218 Å². The third-order valence-corrected chi connectivity index (χ3v) is 7.83. The molecule has 1 fully saturated rings. The molecule has 1 saturated carbocycles. The summed E-state index contributed by atoms with van der Waals surface area (Å²) in [5.41, 5.74) is 5.33. The number of aryl methyl sites for hydroxylation is 1. The number of tetrazole rings is 1. The van der Waals surface area contributed by atoms with Crippen LogP contribution in [0.1, 0.15) is 82.5 Å². The van der Waals surface area contributed by atoms with Gasteiger partial charge in [-0.15, -0.1) is 10.2 Å². The fourth-order valence-corrected chi connectivity index (χ4v) is 5.66. The molecule has 1 aliphatic rings. The topological polar surface area (TPSA) is 94.3 Å². The van der Waals surface area contributed by atoms with Crippen molar-refractivity contribution < 1.29 is 0 Å². The SMILES string of the molecule is CCCCc1cn(C2CCCCCCC2C)c(=O)n1Cc1cnccc1-c1ccc(-c2nn[nH]n2)cc1. The molecule has 0 amide bonds. The van der Waals surface area contributed by atoms with Crippen LogP contribution in [0.3, 0.4) is 0 Å². The highest BCUT2D eigenvalue weighted by Gasteiger charge is 2.25. The van der Waals surface area contributed by atoms with Crippen LogP contribution in [0.15, 0.2) is 53.7 Å². The fraction of sp³-hybridized carbons (Fsp3) is 0.483. The average Bonchev–Trinajstić information content (AvgIpc) is 3.55. The molecule has 0 spiro atoms. The molecule has 194 valence electrons. The van der Waals surface area contributed by atoms with Gasteiger partial charge in [-0.05, 0) is 59.6 Å². The van der Waals surface area contributed by atoms with Gasteiger partial charge in [-0.1, -0.05) is 70.2 Å². The molecule has 37 heavy (non-hydrogen) atoms. The summed E-state index contributed by atoms with van der Waals surface area (Å²) in [7, 11) is 0. The monoisotopic (exact) mass is 499 g/mol. The van der Waals surface area contributed by atoms with Gasteiger partial charge in [-0.2, -0.15) is 5.21 Å². The van der Waals surface area contributed by atoms with Crippen LogP contribution in [0.5, 0.6) is 0 Å². The smallest absolute Gasteiger partial charge is 0.296 e. The van der Waals surface area contributed by atoms with Gasteiger partial charge in [-0.25, -0.2) is 4.79 Å². The maximum atomic E-state index is 13.9. The minimum Gasteiger partial charge on any atom is -0.296 e. The van der Waals surface area contributed by atoms with Gasteiger partial charge in [0.05, 0.1) is 6.54 Å². The van der Waals surface area contributed by atoms with E-state index < -0.39 is 0 Å².